The van der Waals surface area contributed by atoms with Crippen molar-refractivity contribution in [1.82, 2.24) is 9.21 Å². The molecule has 3 fully saturated rings. The van der Waals surface area contributed by atoms with Crippen molar-refractivity contribution in [2.45, 2.75) is 65.1 Å². The first-order valence-electron chi connectivity index (χ1n) is 14.4. The lowest BCUT2D eigenvalue weighted by molar-refractivity contribution is -0.132. The molecule has 222 valence electrons. The fourth-order valence-corrected chi connectivity index (χ4v) is 10.0. The van der Waals surface area contributed by atoms with Crippen LogP contribution in [0.4, 0.5) is 0 Å². The number of ketones is 1. The van der Waals surface area contributed by atoms with Crippen molar-refractivity contribution in [2.75, 3.05) is 32.2 Å². The van der Waals surface area contributed by atoms with Gasteiger partial charge in [0.2, 0.25) is 22.7 Å². The molecule has 3 heterocycles. The maximum absolute atomic E-state index is 14.2. The highest BCUT2D eigenvalue weighted by molar-refractivity contribution is 7.89. The molecule has 0 N–H and O–H groups in total. The molecule has 2 aliphatic carbocycles. The minimum atomic E-state index is -3.96. The van der Waals surface area contributed by atoms with Crippen LogP contribution in [0.15, 0.2) is 35.7 Å². The van der Waals surface area contributed by atoms with Crippen LogP contribution in [0.2, 0.25) is 0 Å². The topological polar surface area (TPSA) is 102 Å². The zero-order valence-electron chi connectivity index (χ0n) is 23.7. The van der Waals surface area contributed by atoms with Gasteiger partial charge in [0, 0.05) is 36.4 Å². The number of ether oxygens (including phenoxy) is 3. The average Bonchev–Trinajstić information content (AvgIpc) is 3.75. The van der Waals surface area contributed by atoms with E-state index in [9.17, 15) is 18.0 Å². The van der Waals surface area contributed by atoms with Crippen molar-refractivity contribution in [1.29, 1.82) is 0 Å². The summed E-state index contributed by atoms with van der Waals surface area (Å²) in [6.07, 6.45) is 3.23. The Kier molecular flexibility index (Phi) is 7.67. The molecular weight excluding hydrogens is 564 g/mol. The number of amides is 1. The van der Waals surface area contributed by atoms with Crippen LogP contribution < -0.4 is 9.47 Å². The number of nitrogens with zero attached hydrogens (tertiary/aromatic N) is 2. The Morgan fingerprint density at radius 2 is 1.95 bits per heavy atom. The second-order valence-corrected chi connectivity index (χ2v) is 15.4. The predicted octanol–water partition coefficient (Wildman–Crippen LogP) is 4.21. The average molecular weight is 603 g/mol. The Balaban J connectivity index is 1.26. The van der Waals surface area contributed by atoms with E-state index in [2.05, 4.69) is 0 Å². The molecule has 0 radical (unpaired) electrons. The molecule has 11 heteroatoms. The number of Topliss-reactive ketones (excluding diaryl/α,β-unsaturated/α-hetero) is 1. The molecular formula is C30H38N2O7S2. The van der Waals surface area contributed by atoms with Crippen LogP contribution in [-0.2, 0) is 37.4 Å². The van der Waals surface area contributed by atoms with Crippen molar-refractivity contribution in [2.24, 2.45) is 16.7 Å². The summed E-state index contributed by atoms with van der Waals surface area (Å²) in [5.41, 5.74) is -0.430. The molecule has 41 heavy (non-hydrogen) atoms. The van der Waals surface area contributed by atoms with Crippen molar-refractivity contribution < 1.29 is 32.2 Å². The van der Waals surface area contributed by atoms with Crippen LogP contribution in [0.5, 0.6) is 11.5 Å². The zero-order valence-corrected chi connectivity index (χ0v) is 25.3. The molecule has 2 saturated carbocycles. The normalized spacial score (nSPS) is 26.3. The van der Waals surface area contributed by atoms with Crippen LogP contribution in [0.1, 0.15) is 56.4 Å². The van der Waals surface area contributed by atoms with E-state index >= 15 is 0 Å². The summed E-state index contributed by atoms with van der Waals surface area (Å²) >= 11 is 1.55. The highest BCUT2D eigenvalue weighted by Gasteiger charge is 2.65. The lowest BCUT2D eigenvalue weighted by Gasteiger charge is -2.38. The number of rotatable bonds is 11. The van der Waals surface area contributed by atoms with E-state index < -0.39 is 15.4 Å². The summed E-state index contributed by atoms with van der Waals surface area (Å²) in [7, 11) is -3.96. The van der Waals surface area contributed by atoms with Gasteiger partial charge in [0.25, 0.3) is 0 Å². The fourth-order valence-electron chi connectivity index (χ4n) is 7.14. The number of thiophene rings is 1. The number of hydrogen-bond donors (Lipinski definition) is 0. The maximum atomic E-state index is 14.2. The van der Waals surface area contributed by atoms with Gasteiger partial charge >= 0.3 is 0 Å². The Labute approximate surface area is 245 Å². The molecule has 1 amide bonds. The third-order valence-corrected chi connectivity index (χ3v) is 12.6. The van der Waals surface area contributed by atoms with Gasteiger partial charge in [-0.05, 0) is 66.2 Å². The lowest BCUT2D eigenvalue weighted by atomic mass is 9.70. The third kappa shape index (κ3) is 5.42. The fraction of sp³-hybridized carbons (Fsp3) is 0.600. The zero-order chi connectivity index (χ0) is 28.8. The molecule has 1 aromatic carbocycles. The first-order valence-corrected chi connectivity index (χ1v) is 16.9. The van der Waals surface area contributed by atoms with E-state index in [-0.39, 0.29) is 54.8 Å². The largest absolute Gasteiger partial charge is 0.454 e. The quantitative estimate of drug-likeness (QED) is 0.380. The number of sulfonamides is 1. The Hall–Kier alpha value is -2.47. The molecule has 1 saturated heterocycles. The van der Waals surface area contributed by atoms with Gasteiger partial charge in [0.1, 0.15) is 5.78 Å². The van der Waals surface area contributed by atoms with E-state index in [1.807, 2.05) is 49.6 Å². The highest BCUT2D eigenvalue weighted by Crippen LogP contribution is 2.64. The summed E-state index contributed by atoms with van der Waals surface area (Å²) in [4.78, 5) is 29.9. The molecule has 2 aromatic rings. The van der Waals surface area contributed by atoms with Gasteiger partial charge < -0.3 is 19.1 Å². The molecule has 2 bridgehead atoms. The van der Waals surface area contributed by atoms with E-state index in [1.165, 1.54) is 4.31 Å². The summed E-state index contributed by atoms with van der Waals surface area (Å²) in [6, 6.07) is 9.49. The molecule has 4 aliphatic rings. The van der Waals surface area contributed by atoms with Gasteiger partial charge in [0.05, 0.1) is 24.9 Å². The minimum absolute atomic E-state index is 0.0489. The van der Waals surface area contributed by atoms with Gasteiger partial charge in [-0.2, -0.15) is 4.31 Å². The van der Waals surface area contributed by atoms with Crippen LogP contribution >= 0.6 is 11.3 Å². The predicted molar refractivity (Wildman–Crippen MR) is 154 cm³/mol. The summed E-state index contributed by atoms with van der Waals surface area (Å²) in [5, 5.41) is 1.96. The Bertz CT molecular complexity index is 1400. The number of carbonyl (C=O) groups excluding carboxylic acids is 2. The van der Waals surface area contributed by atoms with E-state index in [4.69, 9.17) is 14.2 Å². The number of benzene rings is 1. The van der Waals surface area contributed by atoms with Crippen molar-refractivity contribution in [3.05, 3.63) is 46.2 Å². The molecule has 1 aromatic heterocycles. The molecule has 3 unspecified atom stereocenters. The van der Waals surface area contributed by atoms with E-state index in [0.717, 1.165) is 29.7 Å². The standard InChI is InChI=1S/C30H38N2O7S2/c1-29(2)22-9-10-30(29,27(33)14-22)19-41(35,36)32(16-23-5-3-11-37-23)18-28(34)31(17-24-6-4-12-40-24)15-21-7-8-25-26(13-21)39-20-38-25/h4,6-8,12-13,22-23H,3,5,9-11,14-20H2,1-2H3. The summed E-state index contributed by atoms with van der Waals surface area (Å²) < 4.78 is 46.4. The van der Waals surface area contributed by atoms with Gasteiger partial charge in [-0.1, -0.05) is 26.0 Å². The molecule has 3 atom stereocenters. The van der Waals surface area contributed by atoms with Gasteiger partial charge in [0.15, 0.2) is 11.5 Å². The van der Waals surface area contributed by atoms with Crippen molar-refractivity contribution in [3.63, 3.8) is 0 Å². The van der Waals surface area contributed by atoms with Crippen molar-refractivity contribution in [3.8, 4) is 11.5 Å². The van der Waals surface area contributed by atoms with Crippen LogP contribution in [0, 0.1) is 16.7 Å². The number of fused-ring (bicyclic) bond motifs is 3. The molecule has 6 rings (SSSR count). The first kappa shape index (κ1) is 28.6. The lowest BCUT2D eigenvalue weighted by Crippen LogP contribution is -2.50. The molecule has 2 aliphatic heterocycles. The van der Waals surface area contributed by atoms with Crippen LogP contribution in [-0.4, -0.2) is 67.7 Å². The van der Waals surface area contributed by atoms with E-state index in [1.54, 1.807) is 16.2 Å². The number of hydrogen-bond acceptors (Lipinski definition) is 8. The van der Waals surface area contributed by atoms with E-state index in [0.29, 0.717) is 44.0 Å². The second kappa shape index (κ2) is 11.0. The Morgan fingerprint density at radius 3 is 2.63 bits per heavy atom. The van der Waals surface area contributed by atoms with Gasteiger partial charge in [-0.15, -0.1) is 11.3 Å². The molecule has 0 spiro atoms. The Morgan fingerprint density at radius 1 is 1.12 bits per heavy atom. The van der Waals surface area contributed by atoms with Crippen molar-refractivity contribution >= 4 is 33.1 Å². The van der Waals surface area contributed by atoms with Gasteiger partial charge in [-0.25, -0.2) is 8.42 Å². The minimum Gasteiger partial charge on any atom is -0.454 e. The smallest absolute Gasteiger partial charge is 0.238 e. The van der Waals surface area contributed by atoms with Crippen LogP contribution in [0.3, 0.4) is 0 Å². The maximum Gasteiger partial charge on any atom is 0.238 e. The monoisotopic (exact) mass is 602 g/mol. The second-order valence-electron chi connectivity index (χ2n) is 12.4. The highest BCUT2D eigenvalue weighted by atomic mass is 32.2. The third-order valence-electron chi connectivity index (χ3n) is 9.79. The number of carbonyl (C=O) groups is 2. The molecule has 9 nitrogen and oxygen atoms in total. The van der Waals surface area contributed by atoms with Gasteiger partial charge in [-0.3, -0.25) is 9.59 Å². The summed E-state index contributed by atoms with van der Waals surface area (Å²) in [6.45, 7) is 5.27. The first-order chi connectivity index (χ1) is 19.6. The SMILES string of the molecule is CC1(C)C2CCC1(CS(=O)(=O)N(CC(=O)N(Cc1ccc3c(c1)OCO3)Cc1cccs1)CC1CCCO1)C(=O)C2. The summed E-state index contributed by atoms with van der Waals surface area (Å²) in [5.74, 6) is 1.00. The van der Waals surface area contributed by atoms with Crippen LogP contribution in [0.25, 0.3) is 0 Å².